The molecule has 0 bridgehead atoms. The second-order valence-electron chi connectivity index (χ2n) is 3.96. The molecule has 2 rings (SSSR count). The molecule has 0 atom stereocenters. The van der Waals surface area contributed by atoms with Crippen molar-refractivity contribution in [3.8, 4) is 0 Å². The van der Waals surface area contributed by atoms with E-state index in [1.54, 1.807) is 7.11 Å². The first-order valence-corrected chi connectivity index (χ1v) is 5.62. The Morgan fingerprint density at radius 2 is 2.38 bits per heavy atom. The summed E-state index contributed by atoms with van der Waals surface area (Å²) >= 11 is 0. The van der Waals surface area contributed by atoms with E-state index < -0.39 is 0 Å². The van der Waals surface area contributed by atoms with Gasteiger partial charge < -0.3 is 15.0 Å². The molecule has 0 unspecified atom stereocenters. The smallest absolute Gasteiger partial charge is 0.254 e. The van der Waals surface area contributed by atoms with Gasteiger partial charge >= 0.3 is 0 Å². The average molecular weight is 223 g/mol. The molecule has 5 nitrogen and oxygen atoms in total. The minimum atomic E-state index is 0.0268. The molecule has 16 heavy (non-hydrogen) atoms. The van der Waals surface area contributed by atoms with Gasteiger partial charge in [0.2, 0.25) is 0 Å². The second kappa shape index (κ2) is 5.23. The third-order valence-corrected chi connectivity index (χ3v) is 2.76. The fraction of sp³-hybridized carbons (Fsp3) is 0.636. The summed E-state index contributed by atoms with van der Waals surface area (Å²) in [6.45, 7) is 2.26. The van der Waals surface area contributed by atoms with Crippen LogP contribution in [-0.4, -0.2) is 30.2 Å². The highest BCUT2D eigenvalue weighted by Gasteiger charge is 2.14. The van der Waals surface area contributed by atoms with Gasteiger partial charge in [0.15, 0.2) is 0 Å². The van der Waals surface area contributed by atoms with E-state index >= 15 is 0 Å². The number of aromatic amines is 1. The number of ether oxygens (including phenoxy) is 1. The fourth-order valence-electron chi connectivity index (χ4n) is 1.92. The Hall–Kier alpha value is -1.20. The van der Waals surface area contributed by atoms with E-state index in [2.05, 4.69) is 15.3 Å². The van der Waals surface area contributed by atoms with Crippen molar-refractivity contribution >= 4 is 0 Å². The lowest BCUT2D eigenvalue weighted by molar-refractivity contribution is 0.194. The Morgan fingerprint density at radius 3 is 3.19 bits per heavy atom. The molecule has 0 fully saturated rings. The van der Waals surface area contributed by atoms with Crippen LogP contribution in [0.5, 0.6) is 0 Å². The lowest BCUT2D eigenvalue weighted by atomic mass is 10.1. The summed E-state index contributed by atoms with van der Waals surface area (Å²) in [5, 5.41) is 3.22. The van der Waals surface area contributed by atoms with E-state index in [-0.39, 0.29) is 5.56 Å². The minimum absolute atomic E-state index is 0.0268. The maximum absolute atomic E-state index is 11.8. The SMILES string of the molecule is COCCCc1nc2c(c(=O)[nH]1)CCNC2. The molecule has 0 saturated heterocycles. The first-order chi connectivity index (χ1) is 7.81. The minimum Gasteiger partial charge on any atom is -0.385 e. The van der Waals surface area contributed by atoms with Gasteiger partial charge in [0.25, 0.3) is 5.56 Å². The number of hydrogen-bond donors (Lipinski definition) is 2. The maximum atomic E-state index is 11.8. The highest BCUT2D eigenvalue weighted by Crippen LogP contribution is 2.06. The van der Waals surface area contributed by atoms with Gasteiger partial charge in [0, 0.05) is 32.2 Å². The summed E-state index contributed by atoms with van der Waals surface area (Å²) in [4.78, 5) is 19.1. The molecule has 0 spiro atoms. The van der Waals surface area contributed by atoms with Gasteiger partial charge in [-0.3, -0.25) is 4.79 Å². The Bertz CT molecular complexity index is 414. The predicted molar refractivity (Wildman–Crippen MR) is 60.5 cm³/mol. The van der Waals surface area contributed by atoms with Crippen LogP contribution in [-0.2, 0) is 24.1 Å². The van der Waals surface area contributed by atoms with Gasteiger partial charge in [-0.15, -0.1) is 0 Å². The number of aryl methyl sites for hydroxylation is 1. The molecule has 0 radical (unpaired) electrons. The van der Waals surface area contributed by atoms with Gasteiger partial charge in [-0.2, -0.15) is 0 Å². The monoisotopic (exact) mass is 223 g/mol. The van der Waals surface area contributed by atoms with Crippen molar-refractivity contribution in [2.75, 3.05) is 20.3 Å². The Morgan fingerprint density at radius 1 is 1.50 bits per heavy atom. The van der Waals surface area contributed by atoms with Crippen molar-refractivity contribution in [3.05, 3.63) is 27.4 Å². The normalized spacial score (nSPS) is 14.8. The van der Waals surface area contributed by atoms with Crippen LogP contribution in [0.1, 0.15) is 23.5 Å². The molecule has 88 valence electrons. The number of fused-ring (bicyclic) bond motifs is 1. The maximum Gasteiger partial charge on any atom is 0.254 e. The van der Waals surface area contributed by atoms with E-state index in [1.807, 2.05) is 0 Å². The third kappa shape index (κ3) is 2.48. The molecule has 1 aromatic heterocycles. The molecule has 2 heterocycles. The van der Waals surface area contributed by atoms with Crippen molar-refractivity contribution in [3.63, 3.8) is 0 Å². The van der Waals surface area contributed by atoms with Gasteiger partial charge in [-0.1, -0.05) is 0 Å². The van der Waals surface area contributed by atoms with Crippen LogP contribution in [0, 0.1) is 0 Å². The molecule has 1 aliphatic rings. The molecule has 1 aromatic rings. The van der Waals surface area contributed by atoms with E-state index in [0.29, 0.717) is 13.2 Å². The number of nitrogens with zero attached hydrogens (tertiary/aromatic N) is 1. The zero-order chi connectivity index (χ0) is 11.4. The van der Waals surface area contributed by atoms with E-state index in [1.165, 1.54) is 0 Å². The average Bonchev–Trinajstić information content (AvgIpc) is 2.30. The lowest BCUT2D eigenvalue weighted by Gasteiger charge is -2.15. The van der Waals surface area contributed by atoms with Crippen LogP contribution in [0.25, 0.3) is 0 Å². The Labute approximate surface area is 94.2 Å². The lowest BCUT2D eigenvalue weighted by Crippen LogP contribution is -2.31. The number of aromatic nitrogens is 2. The quantitative estimate of drug-likeness (QED) is 0.705. The molecule has 1 aliphatic heterocycles. The van der Waals surface area contributed by atoms with Crippen LogP contribution in [0.4, 0.5) is 0 Å². The topological polar surface area (TPSA) is 67.0 Å². The highest BCUT2D eigenvalue weighted by molar-refractivity contribution is 5.20. The van der Waals surface area contributed by atoms with Crippen LogP contribution < -0.4 is 10.9 Å². The van der Waals surface area contributed by atoms with Crippen LogP contribution in [0.2, 0.25) is 0 Å². The highest BCUT2D eigenvalue weighted by atomic mass is 16.5. The summed E-state index contributed by atoms with van der Waals surface area (Å²) in [7, 11) is 1.67. The predicted octanol–water partition coefficient (Wildman–Crippen LogP) is -0.00540. The van der Waals surface area contributed by atoms with Gasteiger partial charge in [-0.25, -0.2) is 4.98 Å². The van der Waals surface area contributed by atoms with Crippen LogP contribution >= 0.6 is 0 Å². The largest absolute Gasteiger partial charge is 0.385 e. The van der Waals surface area contributed by atoms with E-state index in [0.717, 1.165) is 42.9 Å². The molecule has 0 saturated carbocycles. The molecule has 0 aromatic carbocycles. The number of hydrogen-bond acceptors (Lipinski definition) is 4. The number of methoxy groups -OCH3 is 1. The molecular formula is C11H17N3O2. The van der Waals surface area contributed by atoms with Crippen molar-refractivity contribution in [2.24, 2.45) is 0 Å². The zero-order valence-electron chi connectivity index (χ0n) is 9.51. The first-order valence-electron chi connectivity index (χ1n) is 5.62. The van der Waals surface area contributed by atoms with Crippen molar-refractivity contribution in [1.29, 1.82) is 0 Å². The summed E-state index contributed by atoms with van der Waals surface area (Å²) < 4.78 is 4.97. The summed E-state index contributed by atoms with van der Waals surface area (Å²) in [5.41, 5.74) is 1.77. The molecule has 2 N–H and O–H groups in total. The number of nitrogens with one attached hydrogen (secondary N) is 2. The van der Waals surface area contributed by atoms with Gasteiger partial charge in [-0.05, 0) is 19.4 Å². The fourth-order valence-corrected chi connectivity index (χ4v) is 1.92. The standard InChI is InChI=1S/C11H17N3O2/c1-16-6-2-3-10-13-9-7-12-5-4-8(9)11(15)14-10/h12H,2-7H2,1H3,(H,13,14,15). The molecule has 5 heteroatoms. The van der Waals surface area contributed by atoms with Crippen LogP contribution in [0.15, 0.2) is 4.79 Å². The Balaban J connectivity index is 2.15. The first kappa shape index (κ1) is 11.3. The number of H-pyrrole nitrogens is 1. The third-order valence-electron chi connectivity index (χ3n) is 2.76. The summed E-state index contributed by atoms with van der Waals surface area (Å²) in [6, 6.07) is 0. The molecular weight excluding hydrogens is 206 g/mol. The van der Waals surface area contributed by atoms with Crippen molar-refractivity contribution in [1.82, 2.24) is 15.3 Å². The zero-order valence-corrected chi connectivity index (χ0v) is 9.51. The number of rotatable bonds is 4. The van der Waals surface area contributed by atoms with Gasteiger partial charge in [0.05, 0.1) is 5.69 Å². The van der Waals surface area contributed by atoms with Crippen molar-refractivity contribution in [2.45, 2.75) is 25.8 Å². The Kier molecular flexibility index (Phi) is 3.69. The van der Waals surface area contributed by atoms with Crippen molar-refractivity contribution < 1.29 is 4.74 Å². The van der Waals surface area contributed by atoms with E-state index in [4.69, 9.17) is 4.74 Å². The second-order valence-corrected chi connectivity index (χ2v) is 3.96. The molecule has 0 amide bonds. The molecule has 0 aliphatic carbocycles. The van der Waals surface area contributed by atoms with Gasteiger partial charge in [0.1, 0.15) is 5.82 Å². The summed E-state index contributed by atoms with van der Waals surface area (Å²) in [5.74, 6) is 0.768. The summed E-state index contributed by atoms with van der Waals surface area (Å²) in [6.07, 6.45) is 2.41. The van der Waals surface area contributed by atoms with E-state index in [9.17, 15) is 4.79 Å². The van der Waals surface area contributed by atoms with Crippen LogP contribution in [0.3, 0.4) is 0 Å².